The normalized spacial score (nSPS) is 16.3. The lowest BCUT2D eigenvalue weighted by Crippen LogP contribution is -2.45. The number of esters is 1. The molecule has 7 rings (SSSR count). The first-order valence-corrected chi connectivity index (χ1v) is 29.7. The smallest absolute Gasteiger partial charge is 0.407 e. The fourth-order valence-corrected chi connectivity index (χ4v) is 10.8. The summed E-state index contributed by atoms with van der Waals surface area (Å²) >= 11 is 0. The van der Waals surface area contributed by atoms with Crippen molar-refractivity contribution in [3.63, 3.8) is 0 Å². The number of cyclic esters (lactones) is 1. The molecular weight excluding hydrogens is 1150 g/mol. The number of urea groups is 1. The molecule has 8 N–H and O–H groups in total. The number of Topliss-reactive ketones (excluding diaryl/α,β-unsaturated/α-hetero) is 2. The summed E-state index contributed by atoms with van der Waals surface area (Å²) in [6.07, 6.45) is 0.735. The number of aryl methyl sites for hydroxylation is 1. The fraction of sp³-hybridized carbons (Fsp3) is 0.548. The lowest BCUT2D eigenvalue weighted by molar-refractivity contribution is -0.172. The minimum absolute atomic E-state index is 0.00721. The van der Waals surface area contributed by atoms with E-state index in [0.29, 0.717) is 122 Å². The van der Waals surface area contributed by atoms with Crippen LogP contribution in [0.3, 0.4) is 0 Å². The topological polar surface area (TPSA) is 342 Å². The minimum Gasteiger partial charge on any atom is -0.458 e. The molecule has 4 aromatic rings. The van der Waals surface area contributed by atoms with Crippen molar-refractivity contribution in [3.05, 3.63) is 91.5 Å². The molecule has 3 aliphatic rings. The fourth-order valence-electron chi connectivity index (χ4n) is 10.8. The number of halogens is 1. The minimum atomic E-state index is -2.05. The summed E-state index contributed by atoms with van der Waals surface area (Å²) in [6, 6.07) is 7.06. The first kappa shape index (κ1) is 66.2. The summed E-state index contributed by atoms with van der Waals surface area (Å²) in [5.41, 5.74) is 7.43. The van der Waals surface area contributed by atoms with Gasteiger partial charge in [0.25, 0.3) is 5.56 Å². The van der Waals surface area contributed by atoms with Crippen LogP contribution in [0, 0.1) is 24.6 Å². The maximum Gasteiger partial charge on any atom is 0.407 e. The number of rotatable bonds is 36. The maximum absolute atomic E-state index is 15.4. The SMILES string of the molecule is [3H]CCCOCCOCCOCCOCCC(=O)N[C@H](C(=O)C[C@@H](CCCNC(N)=O)C(=O)Nc1ccc(COC(=O)NCC(=O)CCOCC(=O)N[C@H]2CCc3c(C)c(F)cc4nc5c(c2c34)Cn2c-5cc3c(c2=O)COC(=O)[C@]3(O)CC)cc1)C(C)C. The molecule has 0 saturated heterocycles. The Bertz CT molecular complexity index is 3270. The standard InChI is InChI=1S/C62H81FN8O17/c1-6-19-82-22-24-84-26-27-85-25-23-83-21-17-51(74)70-55(36(3)4)50(73)28-39(9-8-18-65-60(64)79)57(76)67-40-12-10-38(11-13-40)33-88-61(80)66-31-41(72)16-20-86-35-52(75)68-47-15-14-42-37(5)46(63)30-48-53(42)54(47)43-32-71-49(56(43)69-48)29-45-44(58(71)77)34-87-59(78)62(45,81)7-2/h10-13,29-30,36,39,47,55,81H,6-9,14-28,31-35H2,1-5H3,(H,66,80)(H,67,76)(H,68,75)(H,70,74)(H3,64,65,79)/t39-,47+,55+,62+/m1/s1/i1T. The Hall–Kier alpha value is -7.75. The summed E-state index contributed by atoms with van der Waals surface area (Å²) in [5.74, 6) is -4.61. The quantitative estimate of drug-likeness (QED) is 0.0214. The van der Waals surface area contributed by atoms with Gasteiger partial charge in [-0.3, -0.25) is 28.8 Å². The molecule has 0 radical (unpaired) electrons. The zero-order valence-electron chi connectivity index (χ0n) is 51.3. The number of aromatic nitrogens is 2. The molecule has 2 aromatic carbocycles. The van der Waals surface area contributed by atoms with Gasteiger partial charge in [-0.05, 0) is 91.8 Å². The highest BCUT2D eigenvalue weighted by Crippen LogP contribution is 2.46. The van der Waals surface area contributed by atoms with Gasteiger partial charge in [0, 0.05) is 68.0 Å². The van der Waals surface area contributed by atoms with E-state index in [1.54, 1.807) is 58.0 Å². The predicted octanol–water partition coefficient (Wildman–Crippen LogP) is 4.50. The summed E-state index contributed by atoms with van der Waals surface area (Å²) in [5, 5.41) is 25.5. The second-order valence-electron chi connectivity index (χ2n) is 22.1. The molecule has 26 heteroatoms. The van der Waals surface area contributed by atoms with E-state index < -0.39 is 83.2 Å². The first-order valence-electron chi connectivity index (χ1n) is 30.4. The summed E-state index contributed by atoms with van der Waals surface area (Å²) in [4.78, 5) is 122. The Morgan fingerprint density at radius 1 is 0.898 bits per heavy atom. The highest BCUT2D eigenvalue weighted by Gasteiger charge is 2.46. The van der Waals surface area contributed by atoms with Gasteiger partial charge >= 0.3 is 18.1 Å². The van der Waals surface area contributed by atoms with E-state index in [2.05, 4.69) is 26.6 Å². The van der Waals surface area contributed by atoms with E-state index in [-0.39, 0.29) is 108 Å². The molecule has 6 amide bonds. The number of pyridine rings is 2. The Morgan fingerprint density at radius 3 is 2.27 bits per heavy atom. The number of nitrogens with two attached hydrogens (primary N) is 1. The molecule has 4 heterocycles. The van der Waals surface area contributed by atoms with Gasteiger partial charge in [0.05, 0.1) is 100 Å². The van der Waals surface area contributed by atoms with Crippen molar-refractivity contribution >= 4 is 64.0 Å². The molecule has 0 bridgehead atoms. The Morgan fingerprint density at radius 2 is 1.59 bits per heavy atom. The zero-order chi connectivity index (χ0) is 64.2. The molecule has 4 atom stereocenters. The summed E-state index contributed by atoms with van der Waals surface area (Å²) in [7, 11) is 0. The van der Waals surface area contributed by atoms with Gasteiger partial charge in [-0.2, -0.15) is 0 Å². The number of nitrogens with zero attached hydrogens (tertiary/aromatic N) is 2. The average Bonchev–Trinajstić information content (AvgIpc) is 2.69. The van der Waals surface area contributed by atoms with E-state index in [1.165, 1.54) is 10.6 Å². The van der Waals surface area contributed by atoms with Crippen molar-refractivity contribution in [1.29, 1.82) is 0 Å². The monoisotopic (exact) mass is 1230 g/mol. The van der Waals surface area contributed by atoms with Crippen molar-refractivity contribution in [2.45, 2.75) is 130 Å². The number of hydrogen-bond donors (Lipinski definition) is 7. The maximum atomic E-state index is 15.4. The number of hydrogen-bond acceptors (Lipinski definition) is 18. The lowest BCUT2D eigenvalue weighted by Gasteiger charge is -2.31. The number of alkyl carbamates (subject to hydrolysis) is 1. The molecule has 0 fully saturated rings. The number of carbonyl (C=O) groups excluding carboxylic acids is 8. The largest absolute Gasteiger partial charge is 0.458 e. The molecule has 0 spiro atoms. The number of carbonyl (C=O) groups is 8. The third kappa shape index (κ3) is 17.7. The van der Waals surface area contributed by atoms with Crippen LogP contribution < -0.4 is 37.9 Å². The summed E-state index contributed by atoms with van der Waals surface area (Å²) in [6.45, 7) is 8.77. The highest BCUT2D eigenvalue weighted by atomic mass is 19.1. The van der Waals surface area contributed by atoms with Gasteiger partial charge in [-0.15, -0.1) is 0 Å². The number of aliphatic hydroxyl groups is 1. The van der Waals surface area contributed by atoms with Crippen molar-refractivity contribution in [2.75, 3.05) is 84.5 Å². The number of amides is 6. The van der Waals surface area contributed by atoms with Crippen LogP contribution >= 0.6 is 0 Å². The third-order valence-electron chi connectivity index (χ3n) is 15.5. The Balaban J connectivity index is 0.822. The zero-order valence-corrected chi connectivity index (χ0v) is 50.3. The van der Waals surface area contributed by atoms with Crippen LogP contribution in [0.4, 0.5) is 19.7 Å². The van der Waals surface area contributed by atoms with Gasteiger partial charge < -0.3 is 75.1 Å². The number of benzene rings is 2. The second-order valence-corrected chi connectivity index (χ2v) is 22.1. The molecule has 1 aliphatic carbocycles. The second kappa shape index (κ2) is 32.5. The van der Waals surface area contributed by atoms with Crippen molar-refractivity contribution in [2.24, 2.45) is 17.6 Å². The number of ether oxygens (including phenoxy) is 7. The van der Waals surface area contributed by atoms with Crippen LogP contribution in [0.15, 0.2) is 41.2 Å². The molecule has 0 saturated carbocycles. The number of anilines is 1. The van der Waals surface area contributed by atoms with E-state index >= 15 is 4.39 Å². The molecule has 25 nitrogen and oxygen atoms in total. The molecule has 478 valence electrons. The number of fused-ring (bicyclic) bond motifs is 5. The summed E-state index contributed by atoms with van der Waals surface area (Å²) < 4.78 is 61.8. The predicted molar refractivity (Wildman–Crippen MR) is 317 cm³/mol. The van der Waals surface area contributed by atoms with Crippen LogP contribution in [0.25, 0.3) is 22.3 Å². The lowest BCUT2D eigenvalue weighted by atomic mass is 9.81. The van der Waals surface area contributed by atoms with Gasteiger partial charge in [-0.1, -0.05) is 39.8 Å². The van der Waals surface area contributed by atoms with Crippen molar-refractivity contribution < 1.29 is 82.4 Å². The first-order chi connectivity index (χ1) is 42.7. The number of primary amides is 1. The molecule has 88 heavy (non-hydrogen) atoms. The molecular formula is C62H81FN8O17. The van der Waals surface area contributed by atoms with E-state index in [0.717, 1.165) is 5.56 Å². The van der Waals surface area contributed by atoms with E-state index in [1.807, 2.05) is 0 Å². The Labute approximate surface area is 510 Å². The Kier molecular flexibility index (Phi) is 24.4. The molecule has 0 unspecified atom stereocenters. The van der Waals surface area contributed by atoms with Crippen LogP contribution in [0.5, 0.6) is 0 Å². The van der Waals surface area contributed by atoms with Gasteiger partial charge in [-0.25, -0.2) is 23.8 Å². The number of nitrogens with one attached hydrogen (secondary N) is 5. The van der Waals surface area contributed by atoms with E-state index in [4.69, 9.17) is 45.2 Å². The molecule has 2 aliphatic heterocycles. The van der Waals surface area contributed by atoms with Crippen LogP contribution in [-0.4, -0.2) is 147 Å². The third-order valence-corrected chi connectivity index (χ3v) is 15.5. The number of ketones is 2. The van der Waals surface area contributed by atoms with Crippen molar-refractivity contribution in [1.82, 2.24) is 30.8 Å². The van der Waals surface area contributed by atoms with Gasteiger partial charge in [0.15, 0.2) is 17.2 Å². The van der Waals surface area contributed by atoms with Crippen LogP contribution in [-0.2, 0) is 93.7 Å². The molecule has 2 aromatic heterocycles. The van der Waals surface area contributed by atoms with Crippen LogP contribution in [0.2, 0.25) is 0 Å². The van der Waals surface area contributed by atoms with Gasteiger partial charge in [0.1, 0.15) is 25.6 Å². The van der Waals surface area contributed by atoms with Crippen molar-refractivity contribution in [3.8, 4) is 11.4 Å². The van der Waals surface area contributed by atoms with Gasteiger partial charge in [0.2, 0.25) is 17.7 Å². The van der Waals surface area contributed by atoms with E-state index in [9.17, 15) is 48.3 Å². The average molecular weight is 1230 g/mol. The van der Waals surface area contributed by atoms with Crippen LogP contribution in [0.1, 0.15) is 125 Å². The highest BCUT2D eigenvalue weighted by molar-refractivity contribution is 5.98.